The zero-order chi connectivity index (χ0) is 12.5. The van der Waals surface area contributed by atoms with E-state index in [0.717, 1.165) is 16.4 Å². The number of imidazole rings is 1. The number of esters is 1. The Morgan fingerprint density at radius 1 is 1.33 bits per heavy atom. The van der Waals surface area contributed by atoms with Crippen molar-refractivity contribution >= 4 is 27.9 Å². The second kappa shape index (κ2) is 4.10. The van der Waals surface area contributed by atoms with Crippen LogP contribution >= 0.6 is 0 Å². The number of H-pyrrole nitrogens is 1. The molecule has 0 bridgehead atoms. The summed E-state index contributed by atoms with van der Waals surface area (Å²) in [7, 11) is 0. The van der Waals surface area contributed by atoms with E-state index >= 15 is 0 Å². The SMILES string of the molecule is CCOC(=O)c1nc2cnc3ccccc3c2[nH]1. The maximum Gasteiger partial charge on any atom is 0.374 e. The first-order valence-corrected chi connectivity index (χ1v) is 5.70. The highest BCUT2D eigenvalue weighted by Crippen LogP contribution is 2.21. The Morgan fingerprint density at radius 2 is 2.17 bits per heavy atom. The summed E-state index contributed by atoms with van der Waals surface area (Å²) in [5.41, 5.74) is 2.34. The molecular formula is C13H11N3O2. The topological polar surface area (TPSA) is 67.9 Å². The van der Waals surface area contributed by atoms with Crippen LogP contribution in [0.15, 0.2) is 30.5 Å². The van der Waals surface area contributed by atoms with E-state index in [9.17, 15) is 4.79 Å². The van der Waals surface area contributed by atoms with Crippen LogP contribution in [0.3, 0.4) is 0 Å². The van der Waals surface area contributed by atoms with Crippen LogP contribution in [0.4, 0.5) is 0 Å². The largest absolute Gasteiger partial charge is 0.460 e. The van der Waals surface area contributed by atoms with Gasteiger partial charge in [0.1, 0.15) is 5.52 Å². The standard InChI is InChI=1S/C13H11N3O2/c1-2-18-13(17)12-15-10-7-14-9-6-4-3-5-8(9)11(10)16-12/h3-7H,2H2,1H3,(H,15,16). The molecule has 1 aromatic carbocycles. The molecule has 0 saturated carbocycles. The molecule has 0 amide bonds. The lowest BCUT2D eigenvalue weighted by molar-refractivity contribution is 0.0514. The molecule has 0 aliphatic carbocycles. The van der Waals surface area contributed by atoms with Crippen LogP contribution in [0.1, 0.15) is 17.5 Å². The molecule has 3 rings (SSSR count). The number of ether oxygens (including phenoxy) is 1. The third-order valence-corrected chi connectivity index (χ3v) is 2.70. The Bertz CT molecular complexity index is 733. The number of pyridine rings is 1. The summed E-state index contributed by atoms with van der Waals surface area (Å²) >= 11 is 0. The highest BCUT2D eigenvalue weighted by molar-refractivity contribution is 6.03. The molecule has 3 aromatic rings. The van der Waals surface area contributed by atoms with E-state index in [4.69, 9.17) is 4.74 Å². The van der Waals surface area contributed by atoms with Gasteiger partial charge in [-0.05, 0) is 13.0 Å². The number of aromatic amines is 1. The Morgan fingerprint density at radius 3 is 3.00 bits per heavy atom. The van der Waals surface area contributed by atoms with Crippen molar-refractivity contribution in [3.05, 3.63) is 36.3 Å². The maximum atomic E-state index is 11.6. The maximum absolute atomic E-state index is 11.6. The summed E-state index contributed by atoms with van der Waals surface area (Å²) in [6.07, 6.45) is 1.65. The molecular weight excluding hydrogens is 230 g/mol. The van der Waals surface area contributed by atoms with E-state index in [0.29, 0.717) is 12.1 Å². The van der Waals surface area contributed by atoms with Crippen LogP contribution in [-0.2, 0) is 4.74 Å². The molecule has 0 spiro atoms. The number of fused-ring (bicyclic) bond motifs is 3. The lowest BCUT2D eigenvalue weighted by atomic mass is 10.2. The van der Waals surface area contributed by atoms with Gasteiger partial charge in [0.15, 0.2) is 0 Å². The molecule has 0 saturated heterocycles. The molecule has 0 aliphatic heterocycles. The molecule has 90 valence electrons. The predicted molar refractivity (Wildman–Crippen MR) is 67.4 cm³/mol. The van der Waals surface area contributed by atoms with E-state index in [2.05, 4.69) is 15.0 Å². The Balaban J connectivity index is 2.22. The fourth-order valence-corrected chi connectivity index (χ4v) is 1.91. The Kier molecular flexibility index (Phi) is 2.44. The molecule has 0 unspecified atom stereocenters. The number of para-hydroxylation sites is 1. The quantitative estimate of drug-likeness (QED) is 0.699. The molecule has 0 atom stereocenters. The van der Waals surface area contributed by atoms with Crippen molar-refractivity contribution in [2.24, 2.45) is 0 Å². The first kappa shape index (κ1) is 10.7. The van der Waals surface area contributed by atoms with Crippen LogP contribution in [0.2, 0.25) is 0 Å². The molecule has 2 aromatic heterocycles. The van der Waals surface area contributed by atoms with Crippen molar-refractivity contribution < 1.29 is 9.53 Å². The molecule has 0 radical (unpaired) electrons. The lowest BCUT2D eigenvalue weighted by Crippen LogP contribution is -2.06. The fourth-order valence-electron chi connectivity index (χ4n) is 1.91. The normalized spacial score (nSPS) is 10.9. The first-order valence-electron chi connectivity index (χ1n) is 5.70. The van der Waals surface area contributed by atoms with Gasteiger partial charge in [0.2, 0.25) is 5.82 Å². The minimum atomic E-state index is -0.446. The van der Waals surface area contributed by atoms with E-state index in [-0.39, 0.29) is 5.82 Å². The Labute approximate surface area is 103 Å². The van der Waals surface area contributed by atoms with Gasteiger partial charge in [-0.25, -0.2) is 9.78 Å². The number of hydrogen-bond donors (Lipinski definition) is 1. The fraction of sp³-hybridized carbons (Fsp3) is 0.154. The van der Waals surface area contributed by atoms with Crippen LogP contribution in [-0.4, -0.2) is 27.5 Å². The van der Waals surface area contributed by atoms with Gasteiger partial charge in [-0.3, -0.25) is 4.98 Å². The van der Waals surface area contributed by atoms with Crippen LogP contribution < -0.4 is 0 Å². The smallest absolute Gasteiger partial charge is 0.374 e. The second-order valence-corrected chi connectivity index (χ2v) is 3.84. The van der Waals surface area contributed by atoms with E-state index in [1.54, 1.807) is 13.1 Å². The summed E-state index contributed by atoms with van der Waals surface area (Å²) in [4.78, 5) is 23.1. The van der Waals surface area contributed by atoms with Gasteiger partial charge >= 0.3 is 5.97 Å². The average molecular weight is 241 g/mol. The zero-order valence-electron chi connectivity index (χ0n) is 9.80. The molecule has 5 nitrogen and oxygen atoms in total. The third kappa shape index (κ3) is 1.60. The van der Waals surface area contributed by atoms with Gasteiger partial charge in [-0.15, -0.1) is 0 Å². The van der Waals surface area contributed by atoms with Gasteiger partial charge in [0.25, 0.3) is 0 Å². The summed E-state index contributed by atoms with van der Waals surface area (Å²) in [6.45, 7) is 2.09. The van der Waals surface area contributed by atoms with Gasteiger partial charge in [-0.1, -0.05) is 18.2 Å². The number of carbonyl (C=O) groups excluding carboxylic acids is 1. The minimum Gasteiger partial charge on any atom is -0.460 e. The average Bonchev–Trinajstić information content (AvgIpc) is 2.83. The molecule has 1 N–H and O–H groups in total. The number of aromatic nitrogens is 3. The van der Waals surface area contributed by atoms with Crippen molar-refractivity contribution in [1.82, 2.24) is 15.0 Å². The van der Waals surface area contributed by atoms with Crippen LogP contribution in [0.5, 0.6) is 0 Å². The van der Waals surface area contributed by atoms with E-state index in [1.807, 2.05) is 24.3 Å². The van der Waals surface area contributed by atoms with Crippen molar-refractivity contribution in [3.63, 3.8) is 0 Å². The molecule has 0 aliphatic rings. The van der Waals surface area contributed by atoms with Gasteiger partial charge in [0.05, 0.1) is 23.8 Å². The summed E-state index contributed by atoms with van der Waals surface area (Å²) in [5.74, 6) is -0.234. The van der Waals surface area contributed by atoms with Crippen molar-refractivity contribution in [2.45, 2.75) is 6.92 Å². The monoisotopic (exact) mass is 241 g/mol. The summed E-state index contributed by atoms with van der Waals surface area (Å²) in [5, 5.41) is 0.943. The number of nitrogens with zero attached hydrogens (tertiary/aromatic N) is 2. The highest BCUT2D eigenvalue weighted by atomic mass is 16.5. The number of hydrogen-bond acceptors (Lipinski definition) is 4. The van der Waals surface area contributed by atoms with Crippen molar-refractivity contribution in [1.29, 1.82) is 0 Å². The summed E-state index contributed by atoms with van der Waals surface area (Å²) in [6, 6.07) is 7.70. The first-order chi connectivity index (χ1) is 8.79. The Hall–Kier alpha value is -2.43. The highest BCUT2D eigenvalue weighted by Gasteiger charge is 2.13. The predicted octanol–water partition coefficient (Wildman–Crippen LogP) is 2.29. The molecule has 2 heterocycles. The van der Waals surface area contributed by atoms with E-state index < -0.39 is 5.97 Å². The lowest BCUT2D eigenvalue weighted by Gasteiger charge is -1.96. The zero-order valence-corrected chi connectivity index (χ0v) is 9.80. The number of benzene rings is 1. The molecule has 5 heteroatoms. The van der Waals surface area contributed by atoms with Crippen molar-refractivity contribution in [2.75, 3.05) is 6.61 Å². The number of rotatable bonds is 2. The van der Waals surface area contributed by atoms with Crippen molar-refractivity contribution in [3.8, 4) is 0 Å². The van der Waals surface area contributed by atoms with Gasteiger partial charge < -0.3 is 9.72 Å². The molecule has 18 heavy (non-hydrogen) atoms. The second-order valence-electron chi connectivity index (χ2n) is 3.84. The number of carbonyl (C=O) groups is 1. The van der Waals surface area contributed by atoms with Crippen LogP contribution in [0, 0.1) is 0 Å². The summed E-state index contributed by atoms with van der Waals surface area (Å²) < 4.78 is 4.92. The van der Waals surface area contributed by atoms with Crippen LogP contribution in [0.25, 0.3) is 21.9 Å². The van der Waals surface area contributed by atoms with Gasteiger partial charge in [-0.2, -0.15) is 0 Å². The third-order valence-electron chi connectivity index (χ3n) is 2.70. The molecule has 0 fully saturated rings. The van der Waals surface area contributed by atoms with E-state index in [1.165, 1.54) is 0 Å². The number of nitrogens with one attached hydrogen (secondary N) is 1. The van der Waals surface area contributed by atoms with Gasteiger partial charge in [0, 0.05) is 5.39 Å². The minimum absolute atomic E-state index is 0.213.